The largest absolute Gasteiger partial charge is 0.441 e. The molecule has 0 unspecified atom stereocenters. The molecule has 0 radical (unpaired) electrons. The molecule has 2 nitrogen and oxygen atoms in total. The fourth-order valence-corrected chi connectivity index (χ4v) is 1.27. The third kappa shape index (κ3) is 1.53. The SMILES string of the molecule is Cc1cnc(-c2ccc(F)c(C)c2)o1. The highest BCUT2D eigenvalue weighted by molar-refractivity contribution is 5.54. The zero-order valence-electron chi connectivity index (χ0n) is 8.04. The van der Waals surface area contributed by atoms with Gasteiger partial charge in [-0.2, -0.15) is 0 Å². The highest BCUT2D eigenvalue weighted by Gasteiger charge is 2.06. The lowest BCUT2D eigenvalue weighted by Gasteiger charge is -1.98. The Labute approximate surface area is 81.4 Å². The molecule has 0 bridgehead atoms. The summed E-state index contributed by atoms with van der Waals surface area (Å²) in [5.74, 6) is 1.07. The lowest BCUT2D eigenvalue weighted by Crippen LogP contribution is -1.83. The van der Waals surface area contributed by atoms with Crippen LogP contribution >= 0.6 is 0 Å². The van der Waals surface area contributed by atoms with Gasteiger partial charge in [-0.05, 0) is 37.6 Å². The predicted octanol–water partition coefficient (Wildman–Crippen LogP) is 3.10. The van der Waals surface area contributed by atoms with Crippen molar-refractivity contribution in [3.8, 4) is 11.5 Å². The van der Waals surface area contributed by atoms with Crippen molar-refractivity contribution >= 4 is 0 Å². The molecule has 0 aliphatic rings. The normalized spacial score (nSPS) is 10.5. The van der Waals surface area contributed by atoms with Crippen LogP contribution in [-0.2, 0) is 0 Å². The maximum atomic E-state index is 13.0. The summed E-state index contributed by atoms with van der Waals surface area (Å²) in [5.41, 5.74) is 1.40. The van der Waals surface area contributed by atoms with Gasteiger partial charge < -0.3 is 4.42 Å². The first kappa shape index (κ1) is 8.94. The van der Waals surface area contributed by atoms with Crippen LogP contribution in [0.25, 0.3) is 11.5 Å². The van der Waals surface area contributed by atoms with E-state index in [0.29, 0.717) is 11.5 Å². The summed E-state index contributed by atoms with van der Waals surface area (Å²) in [7, 11) is 0. The molecule has 0 saturated heterocycles. The number of halogens is 1. The molecular formula is C11H10FNO. The number of hydrogen-bond acceptors (Lipinski definition) is 2. The number of benzene rings is 1. The second-order valence-electron chi connectivity index (χ2n) is 3.24. The molecule has 14 heavy (non-hydrogen) atoms. The number of rotatable bonds is 1. The number of oxazole rings is 1. The monoisotopic (exact) mass is 191 g/mol. The van der Waals surface area contributed by atoms with Crippen LogP contribution in [0.4, 0.5) is 4.39 Å². The Morgan fingerprint density at radius 3 is 2.64 bits per heavy atom. The van der Waals surface area contributed by atoms with Crippen LogP contribution in [0.2, 0.25) is 0 Å². The van der Waals surface area contributed by atoms with Gasteiger partial charge in [-0.25, -0.2) is 9.37 Å². The van der Waals surface area contributed by atoms with Gasteiger partial charge in [0.15, 0.2) is 0 Å². The molecule has 0 aliphatic heterocycles. The van der Waals surface area contributed by atoms with Crippen LogP contribution in [0.1, 0.15) is 11.3 Å². The summed E-state index contributed by atoms with van der Waals surface area (Å²) in [4.78, 5) is 4.07. The molecule has 1 aromatic carbocycles. The van der Waals surface area contributed by atoms with Crippen molar-refractivity contribution in [1.29, 1.82) is 0 Å². The molecule has 72 valence electrons. The summed E-state index contributed by atoms with van der Waals surface area (Å²) < 4.78 is 18.3. The second kappa shape index (κ2) is 3.25. The predicted molar refractivity (Wildman–Crippen MR) is 51.4 cm³/mol. The van der Waals surface area contributed by atoms with Crippen LogP contribution in [0.5, 0.6) is 0 Å². The van der Waals surface area contributed by atoms with E-state index in [2.05, 4.69) is 4.98 Å². The summed E-state index contributed by atoms with van der Waals surface area (Å²) in [6, 6.07) is 4.80. The topological polar surface area (TPSA) is 26.0 Å². The molecule has 2 rings (SSSR count). The van der Waals surface area contributed by atoms with Gasteiger partial charge >= 0.3 is 0 Å². The highest BCUT2D eigenvalue weighted by Crippen LogP contribution is 2.21. The first-order valence-corrected chi connectivity index (χ1v) is 4.36. The van der Waals surface area contributed by atoms with E-state index in [1.165, 1.54) is 6.07 Å². The minimum Gasteiger partial charge on any atom is -0.441 e. The molecule has 1 heterocycles. The molecule has 0 saturated carbocycles. The fraction of sp³-hybridized carbons (Fsp3) is 0.182. The second-order valence-corrected chi connectivity index (χ2v) is 3.24. The van der Waals surface area contributed by atoms with Crippen molar-refractivity contribution in [2.45, 2.75) is 13.8 Å². The summed E-state index contributed by atoms with van der Waals surface area (Å²) in [6.45, 7) is 3.54. The van der Waals surface area contributed by atoms with Gasteiger partial charge in [0, 0.05) is 5.56 Å². The minimum absolute atomic E-state index is 0.211. The molecule has 2 aromatic rings. The lowest BCUT2D eigenvalue weighted by molar-refractivity contribution is 0.542. The van der Waals surface area contributed by atoms with Crippen molar-refractivity contribution in [2.24, 2.45) is 0 Å². The van der Waals surface area contributed by atoms with Crippen molar-refractivity contribution in [1.82, 2.24) is 4.98 Å². The molecule has 0 atom stereocenters. The third-order valence-electron chi connectivity index (χ3n) is 2.03. The van der Waals surface area contributed by atoms with E-state index in [4.69, 9.17) is 4.42 Å². The molecule has 0 amide bonds. The number of aryl methyl sites for hydroxylation is 2. The van der Waals surface area contributed by atoms with Crippen LogP contribution in [0.15, 0.2) is 28.8 Å². The van der Waals surface area contributed by atoms with Gasteiger partial charge in [0.1, 0.15) is 11.6 Å². The van der Waals surface area contributed by atoms with Gasteiger partial charge in [-0.1, -0.05) is 0 Å². The fourth-order valence-electron chi connectivity index (χ4n) is 1.27. The quantitative estimate of drug-likeness (QED) is 0.692. The maximum absolute atomic E-state index is 13.0. The average molecular weight is 191 g/mol. The van der Waals surface area contributed by atoms with Crippen molar-refractivity contribution in [3.05, 3.63) is 41.5 Å². The van der Waals surface area contributed by atoms with E-state index < -0.39 is 0 Å². The summed E-state index contributed by atoms with van der Waals surface area (Å²) in [5, 5.41) is 0. The molecule has 0 aliphatic carbocycles. The zero-order valence-corrected chi connectivity index (χ0v) is 8.04. The standard InChI is InChI=1S/C11H10FNO/c1-7-5-9(3-4-10(7)12)11-13-6-8(2)14-11/h3-6H,1-2H3. The Kier molecular flexibility index (Phi) is 2.08. The third-order valence-corrected chi connectivity index (χ3v) is 2.03. The average Bonchev–Trinajstić information content (AvgIpc) is 2.57. The summed E-state index contributed by atoms with van der Waals surface area (Å²) in [6.07, 6.45) is 1.65. The number of aromatic nitrogens is 1. The first-order valence-electron chi connectivity index (χ1n) is 4.36. The van der Waals surface area contributed by atoms with Crippen LogP contribution in [-0.4, -0.2) is 4.98 Å². The lowest BCUT2D eigenvalue weighted by atomic mass is 10.1. The minimum atomic E-state index is -0.211. The van der Waals surface area contributed by atoms with E-state index in [0.717, 1.165) is 11.3 Å². The Bertz CT molecular complexity index is 462. The molecule has 0 fully saturated rings. The Morgan fingerprint density at radius 2 is 2.07 bits per heavy atom. The van der Waals surface area contributed by atoms with Crippen LogP contribution < -0.4 is 0 Å². The van der Waals surface area contributed by atoms with E-state index in [1.54, 1.807) is 25.3 Å². The van der Waals surface area contributed by atoms with Gasteiger partial charge in [0.25, 0.3) is 0 Å². The van der Waals surface area contributed by atoms with Gasteiger partial charge in [-0.15, -0.1) is 0 Å². The van der Waals surface area contributed by atoms with Crippen molar-refractivity contribution in [2.75, 3.05) is 0 Å². The molecule has 3 heteroatoms. The molecule has 0 spiro atoms. The smallest absolute Gasteiger partial charge is 0.226 e. The highest BCUT2D eigenvalue weighted by atomic mass is 19.1. The zero-order chi connectivity index (χ0) is 10.1. The van der Waals surface area contributed by atoms with E-state index in [-0.39, 0.29) is 5.82 Å². The van der Waals surface area contributed by atoms with E-state index in [9.17, 15) is 4.39 Å². The van der Waals surface area contributed by atoms with E-state index in [1.807, 2.05) is 6.92 Å². The Balaban J connectivity index is 2.47. The summed E-state index contributed by atoms with van der Waals surface area (Å²) >= 11 is 0. The van der Waals surface area contributed by atoms with Crippen LogP contribution in [0, 0.1) is 19.7 Å². The van der Waals surface area contributed by atoms with Crippen molar-refractivity contribution < 1.29 is 8.81 Å². The maximum Gasteiger partial charge on any atom is 0.226 e. The number of hydrogen-bond donors (Lipinski definition) is 0. The Morgan fingerprint density at radius 1 is 1.29 bits per heavy atom. The Hall–Kier alpha value is -1.64. The van der Waals surface area contributed by atoms with Crippen molar-refractivity contribution in [3.63, 3.8) is 0 Å². The van der Waals surface area contributed by atoms with Gasteiger partial charge in [-0.3, -0.25) is 0 Å². The molecule has 0 N–H and O–H groups in total. The number of nitrogens with zero attached hydrogens (tertiary/aromatic N) is 1. The van der Waals surface area contributed by atoms with Crippen LogP contribution in [0.3, 0.4) is 0 Å². The molecule has 1 aromatic heterocycles. The van der Waals surface area contributed by atoms with E-state index >= 15 is 0 Å². The molecular weight excluding hydrogens is 181 g/mol. The van der Waals surface area contributed by atoms with Gasteiger partial charge in [0.05, 0.1) is 6.20 Å². The van der Waals surface area contributed by atoms with Gasteiger partial charge in [0.2, 0.25) is 5.89 Å². The first-order chi connectivity index (χ1) is 6.66.